The summed E-state index contributed by atoms with van der Waals surface area (Å²) in [5.41, 5.74) is 10.7. The molecule has 0 radical (unpaired) electrons. The van der Waals surface area contributed by atoms with Crippen LogP contribution in [0.15, 0.2) is 91.9 Å². The second-order valence-electron chi connectivity index (χ2n) is 14.6. The third kappa shape index (κ3) is 10.0. The number of nitrogens with zero attached hydrogens (tertiary/aromatic N) is 5. The van der Waals surface area contributed by atoms with Crippen molar-refractivity contribution in [2.75, 3.05) is 23.8 Å². The lowest BCUT2D eigenvalue weighted by Crippen LogP contribution is -2.41. The lowest BCUT2D eigenvalue weighted by Gasteiger charge is -2.40. The van der Waals surface area contributed by atoms with Crippen molar-refractivity contribution in [1.82, 2.24) is 24.6 Å². The van der Waals surface area contributed by atoms with Gasteiger partial charge in [-0.1, -0.05) is 76.2 Å². The number of amides is 1. The Labute approximate surface area is 317 Å². The molecule has 0 bridgehead atoms. The van der Waals surface area contributed by atoms with Crippen molar-refractivity contribution >= 4 is 29.3 Å². The molecule has 5 aromatic rings. The molecule has 1 atom stereocenters. The number of carbonyl (C=O) groups is 1. The maximum Gasteiger partial charge on any atom is 0.212 e. The Bertz CT molecular complexity index is 1940. The van der Waals surface area contributed by atoms with E-state index >= 15 is 0 Å². The van der Waals surface area contributed by atoms with Crippen LogP contribution in [-0.4, -0.2) is 51.4 Å². The predicted molar refractivity (Wildman–Crippen MR) is 222 cm³/mol. The zero-order valence-electron chi connectivity index (χ0n) is 32.9. The van der Waals surface area contributed by atoms with Gasteiger partial charge in [-0.2, -0.15) is 0 Å². The Balaban J connectivity index is 0.00000175. The van der Waals surface area contributed by atoms with Gasteiger partial charge in [0.15, 0.2) is 0 Å². The van der Waals surface area contributed by atoms with E-state index < -0.39 is 0 Å². The minimum atomic E-state index is 0.232. The lowest BCUT2D eigenvalue weighted by molar-refractivity contribution is -0.105. The maximum absolute atomic E-state index is 11.6. The predicted octanol–water partition coefficient (Wildman–Crippen LogP) is 9.98. The number of aromatic nitrogens is 3. The second-order valence-corrected chi connectivity index (χ2v) is 14.6. The van der Waals surface area contributed by atoms with E-state index in [0.717, 1.165) is 84.6 Å². The van der Waals surface area contributed by atoms with E-state index in [0.29, 0.717) is 24.3 Å². The molecule has 3 aromatic heterocycles. The molecule has 53 heavy (non-hydrogen) atoms. The fraction of sp³-hybridized carbons (Fsp3) is 0.400. The average molecular weight is 714 g/mol. The number of benzene rings is 2. The first-order valence-electron chi connectivity index (χ1n) is 19.4. The molecule has 2 aromatic carbocycles. The van der Waals surface area contributed by atoms with Gasteiger partial charge >= 0.3 is 0 Å². The minimum Gasteiger partial charge on any atom is -0.338 e. The summed E-state index contributed by atoms with van der Waals surface area (Å²) in [7, 11) is 2.19. The van der Waals surface area contributed by atoms with Crippen LogP contribution >= 0.6 is 0 Å². The Morgan fingerprint density at radius 2 is 1.70 bits per heavy atom. The van der Waals surface area contributed by atoms with Gasteiger partial charge in [-0.3, -0.25) is 9.69 Å². The van der Waals surface area contributed by atoms with Crippen LogP contribution in [0.2, 0.25) is 0 Å². The fourth-order valence-electron chi connectivity index (χ4n) is 7.29. The Morgan fingerprint density at radius 3 is 2.40 bits per heavy atom. The van der Waals surface area contributed by atoms with Crippen molar-refractivity contribution in [3.63, 3.8) is 0 Å². The summed E-state index contributed by atoms with van der Waals surface area (Å²) in [6.45, 7) is 19.3. The molecule has 8 nitrogen and oxygen atoms in total. The summed E-state index contributed by atoms with van der Waals surface area (Å²) in [5.74, 6) is 0.521. The number of hydrogen-bond donors (Lipinski definition) is 2. The van der Waals surface area contributed by atoms with Crippen molar-refractivity contribution < 1.29 is 4.79 Å². The molecule has 1 aliphatic carbocycles. The van der Waals surface area contributed by atoms with Gasteiger partial charge in [0.05, 0.1) is 5.69 Å². The molecule has 2 N–H and O–H groups in total. The second kappa shape index (κ2) is 18.8. The van der Waals surface area contributed by atoms with Gasteiger partial charge in [0, 0.05) is 60.2 Å². The van der Waals surface area contributed by atoms with Gasteiger partial charge in [0.25, 0.3) is 0 Å². The topological polar surface area (TPSA) is 77.8 Å². The first kappa shape index (κ1) is 39.4. The Morgan fingerprint density at radius 1 is 0.962 bits per heavy atom. The van der Waals surface area contributed by atoms with Gasteiger partial charge in [-0.15, -0.1) is 0 Å². The lowest BCUT2D eigenvalue weighted by atomic mass is 9.88. The van der Waals surface area contributed by atoms with Crippen LogP contribution in [0.1, 0.15) is 100 Å². The van der Waals surface area contributed by atoms with Crippen LogP contribution in [0.25, 0.3) is 22.5 Å². The summed E-state index contributed by atoms with van der Waals surface area (Å²) in [5, 5.41) is 6.60. The van der Waals surface area contributed by atoms with E-state index in [-0.39, 0.29) is 6.04 Å². The van der Waals surface area contributed by atoms with E-state index in [2.05, 4.69) is 157 Å². The molecule has 1 unspecified atom stereocenters. The number of anilines is 2. The van der Waals surface area contributed by atoms with Crippen molar-refractivity contribution in [2.45, 2.75) is 105 Å². The highest BCUT2D eigenvalue weighted by molar-refractivity contribution is 5.87. The molecule has 1 aliphatic rings. The number of aryl methyl sites for hydroxylation is 2. The number of fused-ring (bicyclic) bond motifs is 1. The quantitative estimate of drug-likeness (QED) is 0.112. The Hall–Kier alpha value is -4.79. The SMILES string of the molecule is C=C(c1cc(C)cnc1NC=O)N(c1cccc(-c2ccc(C(C)N(C)CCC)cc2)c1)C1CCC(NCc2cn3cc(C)ccc3n2)CC1.CCC. The molecule has 8 heteroatoms. The molecule has 280 valence electrons. The Kier molecular flexibility index (Phi) is 14.0. The van der Waals surface area contributed by atoms with Gasteiger partial charge in [-0.05, 0) is 119 Å². The number of rotatable bonds is 14. The van der Waals surface area contributed by atoms with Crippen LogP contribution in [0.5, 0.6) is 0 Å². The highest BCUT2D eigenvalue weighted by Crippen LogP contribution is 2.38. The molecule has 0 aliphatic heterocycles. The zero-order chi connectivity index (χ0) is 37.9. The summed E-state index contributed by atoms with van der Waals surface area (Å²) < 4.78 is 2.11. The zero-order valence-corrected chi connectivity index (χ0v) is 32.9. The van der Waals surface area contributed by atoms with E-state index in [1.807, 2.05) is 6.92 Å². The first-order valence-corrected chi connectivity index (χ1v) is 19.4. The van der Waals surface area contributed by atoms with Gasteiger partial charge < -0.3 is 19.9 Å². The van der Waals surface area contributed by atoms with Crippen LogP contribution in [0, 0.1) is 13.8 Å². The van der Waals surface area contributed by atoms with Crippen LogP contribution in [-0.2, 0) is 11.3 Å². The largest absolute Gasteiger partial charge is 0.338 e. The van der Waals surface area contributed by atoms with Crippen molar-refractivity contribution in [3.8, 4) is 11.1 Å². The first-order chi connectivity index (χ1) is 25.6. The molecule has 6 rings (SSSR count). The molecule has 3 heterocycles. The third-order valence-corrected chi connectivity index (χ3v) is 10.2. The number of pyridine rings is 2. The van der Waals surface area contributed by atoms with Crippen LogP contribution in [0.3, 0.4) is 0 Å². The molecular formula is C45H59N7O. The van der Waals surface area contributed by atoms with E-state index in [9.17, 15) is 4.79 Å². The summed E-state index contributed by atoms with van der Waals surface area (Å²) in [6, 6.07) is 25.0. The summed E-state index contributed by atoms with van der Waals surface area (Å²) in [4.78, 5) is 25.7. The van der Waals surface area contributed by atoms with Crippen molar-refractivity contribution in [1.29, 1.82) is 0 Å². The third-order valence-electron chi connectivity index (χ3n) is 10.2. The van der Waals surface area contributed by atoms with Gasteiger partial charge in [0.2, 0.25) is 6.41 Å². The monoisotopic (exact) mass is 713 g/mol. The van der Waals surface area contributed by atoms with Crippen molar-refractivity contribution in [3.05, 3.63) is 120 Å². The van der Waals surface area contributed by atoms with Crippen LogP contribution < -0.4 is 15.5 Å². The minimum absolute atomic E-state index is 0.232. The molecule has 1 fully saturated rings. The van der Waals surface area contributed by atoms with Gasteiger partial charge in [0.1, 0.15) is 11.5 Å². The number of imidazole rings is 1. The highest BCUT2D eigenvalue weighted by Gasteiger charge is 2.29. The molecule has 1 saturated carbocycles. The molecule has 0 saturated heterocycles. The summed E-state index contributed by atoms with van der Waals surface area (Å²) >= 11 is 0. The summed E-state index contributed by atoms with van der Waals surface area (Å²) in [6.07, 6.45) is 13.2. The standard InChI is InChI=1S/C42H51N7O.C3H8/c1-7-21-47(6)31(4)33-12-14-34(15-13-33)35-9-8-10-39(23-35)49(32(5)40-22-30(3)24-44-42(40)45-28-50)38-18-16-36(17-19-38)43-25-37-27-48-26-29(2)11-20-41(48)46-37;1-3-2/h8-15,20,22-24,26-28,31,36,38,43H,5,7,16-19,21,25H2,1-4,6H3,(H,44,45,50);3H2,1-2H3. The smallest absolute Gasteiger partial charge is 0.212 e. The van der Waals surface area contributed by atoms with E-state index in [4.69, 9.17) is 4.98 Å². The number of hydrogen-bond acceptors (Lipinski definition) is 6. The normalized spacial score (nSPS) is 16.2. The number of nitrogens with one attached hydrogen (secondary N) is 2. The van der Waals surface area contributed by atoms with E-state index in [1.165, 1.54) is 23.1 Å². The molecular weight excluding hydrogens is 655 g/mol. The van der Waals surface area contributed by atoms with Gasteiger partial charge in [-0.25, -0.2) is 9.97 Å². The highest BCUT2D eigenvalue weighted by atomic mass is 16.1. The molecule has 1 amide bonds. The van der Waals surface area contributed by atoms with E-state index in [1.54, 1.807) is 6.20 Å². The molecule has 0 spiro atoms. The van der Waals surface area contributed by atoms with Crippen molar-refractivity contribution in [2.24, 2.45) is 0 Å². The average Bonchev–Trinajstić information content (AvgIpc) is 3.58. The van der Waals surface area contributed by atoms with Crippen LogP contribution in [0.4, 0.5) is 11.5 Å². The fourth-order valence-corrected chi connectivity index (χ4v) is 7.29. The number of carbonyl (C=O) groups excluding carboxylic acids is 1. The maximum atomic E-state index is 11.6.